The fraction of sp³-hybridized carbons (Fsp3) is 0. The molecule has 0 spiro atoms. The van der Waals surface area contributed by atoms with Crippen LogP contribution >= 0.6 is 10.2 Å². The minimum Gasteiger partial charge on any atom is -0.191 e. The predicted molar refractivity (Wildman–Crippen MR) is 35.6 cm³/mol. The molecule has 0 aromatic carbocycles. The standard InChI is InChI=1S/C5H2F7NS/c6-4-1-3(2-5(7)13-4)14(8,9,10,11)12/h1-2H. The summed E-state index contributed by atoms with van der Waals surface area (Å²) in [6, 6.07) is -1.10. The first-order valence-corrected chi connectivity index (χ1v) is 4.91. The van der Waals surface area contributed by atoms with Gasteiger partial charge >= 0.3 is 10.2 Å². The Morgan fingerprint density at radius 2 is 1.21 bits per heavy atom. The van der Waals surface area contributed by atoms with Crippen LogP contribution in [0.2, 0.25) is 0 Å². The molecule has 0 atom stereocenters. The Morgan fingerprint density at radius 1 is 0.857 bits per heavy atom. The van der Waals surface area contributed by atoms with Crippen molar-refractivity contribution < 1.29 is 28.2 Å². The van der Waals surface area contributed by atoms with E-state index in [1.165, 1.54) is 0 Å². The van der Waals surface area contributed by atoms with Crippen molar-refractivity contribution >= 4 is 10.2 Å². The van der Waals surface area contributed by atoms with Crippen LogP contribution in [0.4, 0.5) is 28.2 Å². The summed E-state index contributed by atoms with van der Waals surface area (Å²) in [6.07, 6.45) is 0. The van der Waals surface area contributed by atoms with Gasteiger partial charge in [-0.25, -0.2) is 0 Å². The highest BCUT2D eigenvalue weighted by Gasteiger charge is 2.65. The number of nitrogens with zero attached hydrogens (tertiary/aromatic N) is 1. The van der Waals surface area contributed by atoms with Crippen LogP contribution in [0.5, 0.6) is 0 Å². The normalized spacial score (nSPS) is 17.4. The molecule has 9 heteroatoms. The molecule has 14 heavy (non-hydrogen) atoms. The van der Waals surface area contributed by atoms with Crippen LogP contribution in [-0.4, -0.2) is 4.98 Å². The molecule has 0 unspecified atom stereocenters. The molecule has 1 heterocycles. The van der Waals surface area contributed by atoms with Crippen molar-refractivity contribution in [2.75, 3.05) is 0 Å². The molecule has 0 amide bonds. The molecule has 1 nitrogen and oxygen atoms in total. The van der Waals surface area contributed by atoms with Gasteiger partial charge in [0, 0.05) is 12.1 Å². The van der Waals surface area contributed by atoms with E-state index in [-0.39, 0.29) is 0 Å². The van der Waals surface area contributed by atoms with E-state index in [9.17, 15) is 28.2 Å². The zero-order valence-electron chi connectivity index (χ0n) is 6.16. The Labute approximate surface area is 73.3 Å². The van der Waals surface area contributed by atoms with Gasteiger partial charge in [0.05, 0.1) is 0 Å². The molecule has 1 rings (SSSR count). The van der Waals surface area contributed by atoms with E-state index in [4.69, 9.17) is 0 Å². The Morgan fingerprint density at radius 3 is 1.50 bits per heavy atom. The summed E-state index contributed by atoms with van der Waals surface area (Å²) in [5.41, 5.74) is 0. The highest BCUT2D eigenvalue weighted by atomic mass is 32.5. The van der Waals surface area contributed by atoms with E-state index in [1.54, 1.807) is 0 Å². The maximum Gasteiger partial charge on any atom is 0.310 e. The summed E-state index contributed by atoms with van der Waals surface area (Å²) in [4.78, 5) is -0.367. The molecule has 0 saturated heterocycles. The largest absolute Gasteiger partial charge is 0.310 e. The van der Waals surface area contributed by atoms with Crippen molar-refractivity contribution in [3.05, 3.63) is 24.0 Å². The van der Waals surface area contributed by atoms with E-state index < -0.39 is 39.1 Å². The lowest BCUT2D eigenvalue weighted by Crippen LogP contribution is -2.08. The Balaban J connectivity index is 3.50. The number of rotatable bonds is 1. The number of halogens is 7. The first-order chi connectivity index (χ1) is 5.88. The van der Waals surface area contributed by atoms with Crippen LogP contribution in [0.25, 0.3) is 0 Å². The molecule has 0 aliphatic rings. The van der Waals surface area contributed by atoms with Crippen LogP contribution in [0, 0.1) is 11.9 Å². The second-order valence-corrected chi connectivity index (χ2v) is 4.83. The molecule has 0 radical (unpaired) electrons. The van der Waals surface area contributed by atoms with Gasteiger partial charge in [-0.2, -0.15) is 13.8 Å². The third-order valence-corrected chi connectivity index (χ3v) is 2.31. The first kappa shape index (κ1) is 11.1. The molecule has 1 aromatic rings. The summed E-state index contributed by atoms with van der Waals surface area (Å²) >= 11 is 0. The fourth-order valence-electron chi connectivity index (χ4n) is 0.666. The average Bonchev–Trinajstić information content (AvgIpc) is 1.78. The quantitative estimate of drug-likeness (QED) is 0.534. The third-order valence-electron chi connectivity index (χ3n) is 1.18. The van der Waals surface area contributed by atoms with Gasteiger partial charge in [0.25, 0.3) is 0 Å². The average molecular weight is 241 g/mol. The van der Waals surface area contributed by atoms with Crippen LogP contribution in [-0.2, 0) is 0 Å². The monoisotopic (exact) mass is 241 g/mol. The number of hydrogen-bond acceptors (Lipinski definition) is 1. The minimum absolute atomic E-state index is 0.551. The number of hydrogen-bond donors (Lipinski definition) is 0. The van der Waals surface area contributed by atoms with Gasteiger partial charge in [0.1, 0.15) is 4.90 Å². The van der Waals surface area contributed by atoms with Crippen LogP contribution in [0.15, 0.2) is 17.0 Å². The fourth-order valence-corrected chi connectivity index (χ4v) is 1.31. The number of pyridine rings is 1. The van der Waals surface area contributed by atoms with Gasteiger partial charge < -0.3 is 0 Å². The van der Waals surface area contributed by atoms with Crippen LogP contribution < -0.4 is 0 Å². The molecule has 0 bridgehead atoms. The minimum atomic E-state index is -10.0. The van der Waals surface area contributed by atoms with Gasteiger partial charge in [-0.3, -0.25) is 0 Å². The van der Waals surface area contributed by atoms with Crippen LogP contribution in [0.1, 0.15) is 0 Å². The van der Waals surface area contributed by atoms with Crippen LogP contribution in [0.3, 0.4) is 0 Å². The third kappa shape index (κ3) is 2.50. The summed E-state index contributed by atoms with van der Waals surface area (Å²) in [5, 5.41) is 0. The molecule has 82 valence electrons. The molecule has 0 aliphatic carbocycles. The van der Waals surface area contributed by atoms with Crippen molar-refractivity contribution in [1.29, 1.82) is 0 Å². The van der Waals surface area contributed by atoms with E-state index >= 15 is 0 Å². The maximum absolute atomic E-state index is 12.1. The molecule has 0 saturated carbocycles. The highest BCUT2D eigenvalue weighted by molar-refractivity contribution is 8.45. The van der Waals surface area contributed by atoms with Crippen molar-refractivity contribution in [2.24, 2.45) is 0 Å². The molecule has 0 aliphatic heterocycles. The van der Waals surface area contributed by atoms with Crippen molar-refractivity contribution in [1.82, 2.24) is 4.98 Å². The van der Waals surface area contributed by atoms with E-state index in [0.29, 0.717) is 0 Å². The lowest BCUT2D eigenvalue weighted by atomic mass is 10.5. The molecular weight excluding hydrogens is 239 g/mol. The molecule has 0 N–H and O–H groups in total. The second kappa shape index (κ2) is 2.15. The summed E-state index contributed by atoms with van der Waals surface area (Å²) in [7, 11) is -10.0. The summed E-state index contributed by atoms with van der Waals surface area (Å²) in [6.45, 7) is 0. The van der Waals surface area contributed by atoms with Crippen molar-refractivity contribution in [3.8, 4) is 0 Å². The Kier molecular flexibility index (Phi) is 1.70. The zero-order valence-corrected chi connectivity index (χ0v) is 6.97. The van der Waals surface area contributed by atoms with Gasteiger partial charge in [-0.05, 0) is 0 Å². The predicted octanol–water partition coefficient (Wildman–Crippen LogP) is 4.02. The molecular formula is C5H2F7NS. The number of aromatic nitrogens is 1. The smallest absolute Gasteiger partial charge is 0.191 e. The summed E-state index contributed by atoms with van der Waals surface area (Å²) in [5.74, 6) is -3.90. The molecule has 0 fully saturated rings. The maximum atomic E-state index is 12.1. The topological polar surface area (TPSA) is 12.9 Å². The van der Waals surface area contributed by atoms with Gasteiger partial charge in [-0.15, -0.1) is 0 Å². The highest BCUT2D eigenvalue weighted by Crippen LogP contribution is 3.02. The molecule has 1 aromatic heterocycles. The Bertz CT molecular complexity index is 361. The summed E-state index contributed by atoms with van der Waals surface area (Å²) < 4.78 is 84.0. The van der Waals surface area contributed by atoms with E-state index in [1.807, 2.05) is 0 Å². The zero-order chi connectivity index (χ0) is 11.3. The van der Waals surface area contributed by atoms with E-state index in [0.717, 1.165) is 0 Å². The van der Waals surface area contributed by atoms with Gasteiger partial charge in [-0.1, -0.05) is 19.4 Å². The van der Waals surface area contributed by atoms with Crippen molar-refractivity contribution in [2.45, 2.75) is 4.90 Å². The SMILES string of the molecule is Fc1cc(S(F)(F)(F)(F)F)cc(F)n1. The lowest BCUT2D eigenvalue weighted by molar-refractivity contribution is 0.360. The van der Waals surface area contributed by atoms with E-state index in [2.05, 4.69) is 4.98 Å². The lowest BCUT2D eigenvalue weighted by Gasteiger charge is -2.40. The van der Waals surface area contributed by atoms with Crippen molar-refractivity contribution in [3.63, 3.8) is 0 Å². The van der Waals surface area contributed by atoms with Gasteiger partial charge in [0.15, 0.2) is 0 Å². The second-order valence-electron chi connectivity index (χ2n) is 2.42. The van der Waals surface area contributed by atoms with Gasteiger partial charge in [0.2, 0.25) is 11.9 Å². The Hall–Kier alpha value is -0.990. The first-order valence-electron chi connectivity index (χ1n) is 2.96.